The Bertz CT molecular complexity index is 567. The third-order valence-electron chi connectivity index (χ3n) is 4.90. The van der Waals surface area contributed by atoms with Crippen LogP contribution in [0.25, 0.3) is 0 Å². The van der Waals surface area contributed by atoms with Gasteiger partial charge in [-0.1, -0.05) is 6.92 Å². The summed E-state index contributed by atoms with van der Waals surface area (Å²) in [6.45, 7) is 2.92. The van der Waals surface area contributed by atoms with Crippen LogP contribution in [0.15, 0.2) is 0 Å². The van der Waals surface area contributed by atoms with E-state index in [9.17, 15) is 35.1 Å². The first kappa shape index (κ1) is 26.7. The van der Waals surface area contributed by atoms with Gasteiger partial charge in [0.2, 0.25) is 5.91 Å². The van der Waals surface area contributed by atoms with Crippen molar-refractivity contribution < 1.29 is 83.6 Å². The van der Waals surface area contributed by atoms with Crippen molar-refractivity contribution in [3.05, 3.63) is 0 Å². The Morgan fingerprint density at radius 3 is 2.17 bits per heavy atom. The van der Waals surface area contributed by atoms with Crippen LogP contribution in [0.3, 0.4) is 0 Å². The average molecular weight is 431 g/mol. The van der Waals surface area contributed by atoms with E-state index in [1.165, 1.54) is 6.92 Å². The SMILES string of the molecule is CCC1C(O)C(O)OC(OC2C(C(=O)[O-])OC(OC)C(O)C2O)C1NC(C)=O.[Na+]. The number of carbonyl (C=O) groups excluding carboxylic acids is 2. The number of methoxy groups -OCH3 is 1. The Morgan fingerprint density at radius 2 is 1.69 bits per heavy atom. The third-order valence-corrected chi connectivity index (χ3v) is 4.90. The quantitative estimate of drug-likeness (QED) is 0.251. The van der Waals surface area contributed by atoms with Crippen molar-refractivity contribution in [3.63, 3.8) is 0 Å². The molecule has 13 heteroatoms. The molecule has 0 saturated carbocycles. The number of amides is 1. The fourth-order valence-electron chi connectivity index (χ4n) is 3.48. The number of aliphatic hydroxyl groups is 4. The smallest absolute Gasteiger partial charge is 0.547 e. The van der Waals surface area contributed by atoms with Gasteiger partial charge in [-0.3, -0.25) is 4.79 Å². The predicted molar refractivity (Wildman–Crippen MR) is 85.8 cm³/mol. The van der Waals surface area contributed by atoms with Gasteiger partial charge in [0.25, 0.3) is 0 Å². The van der Waals surface area contributed by atoms with Crippen LogP contribution in [-0.4, -0.2) is 94.8 Å². The van der Waals surface area contributed by atoms with Crippen molar-refractivity contribution >= 4 is 11.9 Å². The summed E-state index contributed by atoms with van der Waals surface area (Å²) < 4.78 is 20.6. The topological polar surface area (TPSA) is 187 Å². The van der Waals surface area contributed by atoms with Crippen molar-refractivity contribution in [2.45, 2.75) is 75.7 Å². The van der Waals surface area contributed by atoms with Crippen LogP contribution in [0, 0.1) is 5.92 Å². The first-order chi connectivity index (χ1) is 13.1. The Hall–Kier alpha value is -0.380. The van der Waals surface area contributed by atoms with Crippen molar-refractivity contribution in [1.29, 1.82) is 0 Å². The molecule has 2 aliphatic rings. The first-order valence-electron chi connectivity index (χ1n) is 8.81. The van der Waals surface area contributed by atoms with Crippen LogP contribution in [0.1, 0.15) is 20.3 Å². The van der Waals surface area contributed by atoms with Gasteiger partial charge in [-0.15, -0.1) is 0 Å². The van der Waals surface area contributed by atoms with E-state index in [-0.39, 0.29) is 29.6 Å². The van der Waals surface area contributed by atoms with Gasteiger partial charge in [0, 0.05) is 20.0 Å². The summed E-state index contributed by atoms with van der Waals surface area (Å²) in [5, 5.41) is 54.4. The van der Waals surface area contributed by atoms with E-state index in [4.69, 9.17) is 18.9 Å². The maximum Gasteiger partial charge on any atom is 1.00 e. The Balaban J connectivity index is 0.00000420. The summed E-state index contributed by atoms with van der Waals surface area (Å²) in [7, 11) is 1.15. The molecule has 10 atom stereocenters. The number of aliphatic hydroxyl groups excluding tert-OH is 4. The molecule has 0 aliphatic carbocycles. The van der Waals surface area contributed by atoms with E-state index in [2.05, 4.69) is 5.32 Å². The van der Waals surface area contributed by atoms with Crippen molar-refractivity contribution in [2.75, 3.05) is 7.11 Å². The van der Waals surface area contributed by atoms with Crippen LogP contribution in [0.4, 0.5) is 0 Å². The zero-order valence-corrected chi connectivity index (χ0v) is 18.6. The molecule has 5 N–H and O–H groups in total. The third kappa shape index (κ3) is 5.86. The van der Waals surface area contributed by atoms with E-state index >= 15 is 0 Å². The average Bonchev–Trinajstić information content (AvgIpc) is 2.62. The van der Waals surface area contributed by atoms with Gasteiger partial charge < -0.3 is 54.6 Å². The largest absolute Gasteiger partial charge is 1.00 e. The zero-order valence-electron chi connectivity index (χ0n) is 16.6. The number of hydrogen-bond acceptors (Lipinski definition) is 11. The minimum Gasteiger partial charge on any atom is -0.547 e. The molecular formula is C16H26NNaO11. The molecular weight excluding hydrogens is 405 g/mol. The second kappa shape index (κ2) is 11.3. The van der Waals surface area contributed by atoms with E-state index in [1.807, 2.05) is 0 Å². The van der Waals surface area contributed by atoms with Crippen molar-refractivity contribution in [1.82, 2.24) is 5.32 Å². The standard InChI is InChI=1S/C16H27NO11.Na/c1-4-6-7(17-5(2)18)15(28-14(24)8(6)19)26-11-9(20)10(21)16(25-3)27-12(11)13(22)23;/h6-12,14-16,19-21,24H,4H2,1-3H3,(H,17,18)(H,22,23);/q;+1/p-1. The summed E-state index contributed by atoms with van der Waals surface area (Å²) >= 11 is 0. The van der Waals surface area contributed by atoms with Crippen molar-refractivity contribution in [2.24, 2.45) is 5.92 Å². The van der Waals surface area contributed by atoms with E-state index in [1.54, 1.807) is 6.92 Å². The molecule has 2 fully saturated rings. The summed E-state index contributed by atoms with van der Waals surface area (Å²) in [5.74, 6) is -2.92. The molecule has 0 aromatic heterocycles. The normalized spacial score (nSPS) is 42.6. The second-order valence-corrected chi connectivity index (χ2v) is 6.75. The fourth-order valence-corrected chi connectivity index (χ4v) is 3.48. The number of carboxylic acid groups (broad SMARTS) is 1. The number of rotatable bonds is 6. The number of nitrogens with one attached hydrogen (secondary N) is 1. The van der Waals surface area contributed by atoms with Crippen LogP contribution in [0.5, 0.6) is 0 Å². The van der Waals surface area contributed by atoms with E-state index < -0.39 is 73.2 Å². The fraction of sp³-hybridized carbons (Fsp3) is 0.875. The molecule has 2 rings (SSSR count). The molecule has 10 unspecified atom stereocenters. The zero-order chi connectivity index (χ0) is 21.2. The molecule has 2 aliphatic heterocycles. The summed E-state index contributed by atoms with van der Waals surface area (Å²) in [5.41, 5.74) is 0. The number of carboxylic acids is 1. The first-order valence-corrected chi connectivity index (χ1v) is 8.81. The molecule has 0 spiro atoms. The minimum absolute atomic E-state index is 0. The van der Waals surface area contributed by atoms with Crippen LogP contribution in [-0.2, 0) is 28.5 Å². The molecule has 29 heavy (non-hydrogen) atoms. The van der Waals surface area contributed by atoms with Gasteiger partial charge >= 0.3 is 29.6 Å². The molecule has 162 valence electrons. The number of ether oxygens (including phenoxy) is 4. The molecule has 0 radical (unpaired) electrons. The maximum absolute atomic E-state index is 11.6. The molecule has 0 aromatic rings. The molecule has 12 nitrogen and oxygen atoms in total. The molecule has 0 bridgehead atoms. The maximum atomic E-state index is 11.6. The summed E-state index contributed by atoms with van der Waals surface area (Å²) in [4.78, 5) is 23.0. The Labute approximate surface area is 189 Å². The molecule has 2 saturated heterocycles. The molecule has 0 aromatic carbocycles. The summed E-state index contributed by atoms with van der Waals surface area (Å²) in [6.07, 6.45) is -12.5. The Morgan fingerprint density at radius 1 is 1.07 bits per heavy atom. The van der Waals surface area contributed by atoms with Crippen molar-refractivity contribution in [3.8, 4) is 0 Å². The number of aliphatic carboxylic acids is 1. The van der Waals surface area contributed by atoms with Gasteiger partial charge in [0.05, 0.1) is 12.0 Å². The van der Waals surface area contributed by atoms with Gasteiger partial charge in [0.15, 0.2) is 18.9 Å². The number of carbonyl (C=O) groups is 2. The molecule has 1 amide bonds. The van der Waals surface area contributed by atoms with Gasteiger partial charge in [-0.2, -0.15) is 0 Å². The van der Waals surface area contributed by atoms with Crippen LogP contribution < -0.4 is 40.0 Å². The van der Waals surface area contributed by atoms with Crippen LogP contribution >= 0.6 is 0 Å². The van der Waals surface area contributed by atoms with Gasteiger partial charge in [-0.05, 0) is 6.42 Å². The van der Waals surface area contributed by atoms with Crippen LogP contribution in [0.2, 0.25) is 0 Å². The predicted octanol–water partition coefficient (Wildman–Crippen LogP) is -7.21. The van der Waals surface area contributed by atoms with Gasteiger partial charge in [0.1, 0.15) is 30.5 Å². The summed E-state index contributed by atoms with van der Waals surface area (Å²) in [6, 6.07) is -0.979. The van der Waals surface area contributed by atoms with Gasteiger partial charge in [-0.25, -0.2) is 0 Å². The monoisotopic (exact) mass is 431 g/mol. The second-order valence-electron chi connectivity index (χ2n) is 6.75. The van der Waals surface area contributed by atoms with E-state index in [0.717, 1.165) is 7.11 Å². The minimum atomic E-state index is -1.84. The molecule has 2 heterocycles. The number of hydrogen-bond donors (Lipinski definition) is 5. The van der Waals surface area contributed by atoms with E-state index in [0.29, 0.717) is 6.42 Å². The Kier molecular flexibility index (Phi) is 10.4.